The highest BCUT2D eigenvalue weighted by molar-refractivity contribution is 5.77. The number of aromatic nitrogens is 3. The fraction of sp³-hybridized carbons (Fsp3) is 0.182. The molecule has 0 atom stereocenters. The molecule has 0 fully saturated rings. The SMILES string of the molecule is Cc1onc(-c2ccccc2)c1-c1nnc(COC(=O)CCc2ccccc2)o1. The highest BCUT2D eigenvalue weighted by Crippen LogP contribution is 2.33. The highest BCUT2D eigenvalue weighted by Gasteiger charge is 2.22. The third-order valence-electron chi connectivity index (χ3n) is 4.41. The molecule has 0 aliphatic heterocycles. The maximum atomic E-state index is 12.0. The highest BCUT2D eigenvalue weighted by atomic mass is 16.5. The van der Waals surface area contributed by atoms with Gasteiger partial charge in [0.2, 0.25) is 0 Å². The third-order valence-corrected chi connectivity index (χ3v) is 4.41. The van der Waals surface area contributed by atoms with Crippen LogP contribution in [0.5, 0.6) is 0 Å². The van der Waals surface area contributed by atoms with Gasteiger partial charge in [0.05, 0.1) is 0 Å². The molecule has 0 aliphatic carbocycles. The van der Waals surface area contributed by atoms with Crippen molar-refractivity contribution in [2.45, 2.75) is 26.4 Å². The summed E-state index contributed by atoms with van der Waals surface area (Å²) in [4.78, 5) is 12.0. The van der Waals surface area contributed by atoms with Crippen LogP contribution in [0.1, 0.15) is 23.6 Å². The van der Waals surface area contributed by atoms with Crippen molar-refractivity contribution in [2.24, 2.45) is 0 Å². The largest absolute Gasteiger partial charge is 0.456 e. The Bertz CT molecular complexity index is 1090. The van der Waals surface area contributed by atoms with E-state index in [1.807, 2.05) is 60.7 Å². The Morgan fingerprint density at radius 1 is 1.00 bits per heavy atom. The lowest BCUT2D eigenvalue weighted by atomic mass is 10.1. The van der Waals surface area contributed by atoms with E-state index in [9.17, 15) is 4.79 Å². The van der Waals surface area contributed by atoms with Gasteiger partial charge in [0.1, 0.15) is 17.0 Å². The van der Waals surface area contributed by atoms with Gasteiger partial charge in [-0.3, -0.25) is 4.79 Å². The van der Waals surface area contributed by atoms with E-state index in [1.165, 1.54) is 0 Å². The van der Waals surface area contributed by atoms with Crippen LogP contribution in [-0.2, 0) is 22.6 Å². The van der Waals surface area contributed by atoms with E-state index < -0.39 is 0 Å². The van der Waals surface area contributed by atoms with E-state index in [0.29, 0.717) is 23.4 Å². The van der Waals surface area contributed by atoms with Crippen molar-refractivity contribution in [1.82, 2.24) is 15.4 Å². The summed E-state index contributed by atoms with van der Waals surface area (Å²) in [5.74, 6) is 0.740. The van der Waals surface area contributed by atoms with E-state index in [-0.39, 0.29) is 30.8 Å². The van der Waals surface area contributed by atoms with Crippen molar-refractivity contribution in [3.8, 4) is 22.7 Å². The minimum absolute atomic E-state index is 0.0778. The van der Waals surface area contributed by atoms with Gasteiger partial charge in [-0.05, 0) is 18.9 Å². The molecule has 7 nitrogen and oxygen atoms in total. The molecule has 0 saturated heterocycles. The Morgan fingerprint density at radius 2 is 1.72 bits per heavy atom. The minimum Gasteiger partial charge on any atom is -0.456 e. The average molecular weight is 389 g/mol. The van der Waals surface area contributed by atoms with E-state index >= 15 is 0 Å². The number of carbonyl (C=O) groups excluding carboxylic acids is 1. The molecule has 146 valence electrons. The molecule has 0 saturated carbocycles. The summed E-state index contributed by atoms with van der Waals surface area (Å²) in [7, 11) is 0. The molecule has 0 spiro atoms. The van der Waals surface area contributed by atoms with Gasteiger partial charge in [-0.15, -0.1) is 10.2 Å². The first-order chi connectivity index (χ1) is 14.2. The first-order valence-electron chi connectivity index (χ1n) is 9.24. The van der Waals surface area contributed by atoms with E-state index in [2.05, 4.69) is 15.4 Å². The first-order valence-corrected chi connectivity index (χ1v) is 9.24. The van der Waals surface area contributed by atoms with Crippen molar-refractivity contribution in [3.05, 3.63) is 77.9 Å². The van der Waals surface area contributed by atoms with Gasteiger partial charge < -0.3 is 13.7 Å². The molecule has 0 N–H and O–H groups in total. The van der Waals surface area contributed by atoms with Crippen LogP contribution < -0.4 is 0 Å². The van der Waals surface area contributed by atoms with Gasteiger partial charge in [-0.2, -0.15) is 0 Å². The zero-order valence-electron chi connectivity index (χ0n) is 15.9. The number of hydrogen-bond acceptors (Lipinski definition) is 7. The lowest BCUT2D eigenvalue weighted by molar-refractivity contribution is -0.145. The van der Waals surface area contributed by atoms with Crippen LogP contribution in [0.15, 0.2) is 69.6 Å². The van der Waals surface area contributed by atoms with Gasteiger partial charge in [0, 0.05) is 12.0 Å². The maximum Gasteiger partial charge on any atom is 0.306 e. The van der Waals surface area contributed by atoms with Gasteiger partial charge in [0.25, 0.3) is 11.8 Å². The molecular formula is C22H19N3O4. The predicted molar refractivity (Wildman–Crippen MR) is 105 cm³/mol. The van der Waals surface area contributed by atoms with Crippen molar-refractivity contribution >= 4 is 5.97 Å². The average Bonchev–Trinajstić information content (AvgIpc) is 3.38. The Balaban J connectivity index is 1.41. The molecule has 0 amide bonds. The van der Waals surface area contributed by atoms with Gasteiger partial charge in [-0.1, -0.05) is 65.8 Å². The molecular weight excluding hydrogens is 370 g/mol. The second-order valence-corrected chi connectivity index (χ2v) is 6.48. The van der Waals surface area contributed by atoms with E-state index in [4.69, 9.17) is 13.7 Å². The summed E-state index contributed by atoms with van der Waals surface area (Å²) in [6, 6.07) is 19.4. The van der Waals surface area contributed by atoms with Crippen molar-refractivity contribution < 1.29 is 18.5 Å². The number of ether oxygens (including phenoxy) is 1. The summed E-state index contributed by atoms with van der Waals surface area (Å²) in [6.07, 6.45) is 0.906. The maximum absolute atomic E-state index is 12.0. The fourth-order valence-electron chi connectivity index (χ4n) is 2.94. The summed E-state index contributed by atoms with van der Waals surface area (Å²) in [5, 5.41) is 12.2. The second-order valence-electron chi connectivity index (χ2n) is 6.48. The molecule has 4 aromatic rings. The number of benzene rings is 2. The van der Waals surface area contributed by atoms with Crippen LogP contribution in [0.3, 0.4) is 0 Å². The molecule has 4 rings (SSSR count). The Labute approximate surface area is 167 Å². The number of esters is 1. The summed E-state index contributed by atoms with van der Waals surface area (Å²) < 4.78 is 16.3. The van der Waals surface area contributed by atoms with Crippen LogP contribution in [0, 0.1) is 6.92 Å². The smallest absolute Gasteiger partial charge is 0.306 e. The molecule has 2 heterocycles. The van der Waals surface area contributed by atoms with E-state index in [0.717, 1.165) is 11.1 Å². The van der Waals surface area contributed by atoms with Crippen molar-refractivity contribution in [3.63, 3.8) is 0 Å². The van der Waals surface area contributed by atoms with Crippen molar-refractivity contribution in [1.29, 1.82) is 0 Å². The quantitative estimate of drug-likeness (QED) is 0.433. The Kier molecular flexibility index (Phi) is 5.47. The molecule has 0 aliphatic rings. The van der Waals surface area contributed by atoms with Crippen LogP contribution in [0.2, 0.25) is 0 Å². The summed E-state index contributed by atoms with van der Waals surface area (Å²) in [6.45, 7) is 1.70. The summed E-state index contributed by atoms with van der Waals surface area (Å²) >= 11 is 0. The number of aryl methyl sites for hydroxylation is 2. The monoisotopic (exact) mass is 389 g/mol. The number of nitrogens with zero attached hydrogens (tertiary/aromatic N) is 3. The van der Waals surface area contributed by atoms with Crippen LogP contribution in [0.25, 0.3) is 22.7 Å². The summed E-state index contributed by atoms with van der Waals surface area (Å²) in [5.41, 5.74) is 3.22. The van der Waals surface area contributed by atoms with Gasteiger partial charge in [0.15, 0.2) is 6.61 Å². The molecule has 29 heavy (non-hydrogen) atoms. The lowest BCUT2D eigenvalue weighted by Gasteiger charge is -2.02. The molecule has 0 bridgehead atoms. The zero-order valence-corrected chi connectivity index (χ0v) is 15.9. The van der Waals surface area contributed by atoms with Gasteiger partial charge >= 0.3 is 5.97 Å². The van der Waals surface area contributed by atoms with Gasteiger partial charge in [-0.25, -0.2) is 0 Å². The molecule has 7 heteroatoms. The molecule has 0 radical (unpaired) electrons. The Hall–Kier alpha value is -3.74. The molecule has 2 aromatic heterocycles. The molecule has 0 unspecified atom stereocenters. The Morgan fingerprint density at radius 3 is 2.48 bits per heavy atom. The zero-order chi connectivity index (χ0) is 20.1. The number of hydrogen-bond donors (Lipinski definition) is 0. The second kappa shape index (κ2) is 8.52. The topological polar surface area (TPSA) is 91.3 Å². The number of carbonyl (C=O) groups is 1. The van der Waals surface area contributed by atoms with Crippen molar-refractivity contribution in [2.75, 3.05) is 0 Å². The standard InChI is InChI=1S/C22H19N3O4/c1-15-20(21(25-29-15)17-10-6-3-7-11-17)22-24-23-18(28-22)14-27-19(26)13-12-16-8-4-2-5-9-16/h2-11H,12-14H2,1H3. The predicted octanol–water partition coefficient (Wildman–Crippen LogP) is 4.38. The van der Waals surface area contributed by atoms with Crippen LogP contribution >= 0.6 is 0 Å². The van der Waals surface area contributed by atoms with Crippen LogP contribution in [0.4, 0.5) is 0 Å². The number of rotatable bonds is 7. The lowest BCUT2D eigenvalue weighted by Crippen LogP contribution is -2.06. The van der Waals surface area contributed by atoms with Crippen LogP contribution in [-0.4, -0.2) is 21.3 Å². The van der Waals surface area contributed by atoms with E-state index in [1.54, 1.807) is 6.92 Å². The first kappa shape index (κ1) is 18.6. The minimum atomic E-state index is -0.320. The third kappa shape index (κ3) is 4.40. The fourth-order valence-corrected chi connectivity index (χ4v) is 2.94. The normalized spacial score (nSPS) is 10.8. The molecule has 2 aromatic carbocycles.